The van der Waals surface area contributed by atoms with Gasteiger partial charge in [0.2, 0.25) is 5.91 Å². The molecule has 0 atom stereocenters. The SMILES string of the molecule is COc1ccccc1N1CCN(C(=O)/C=C/c2ccc3c(c2)OCCO3)CC1. The van der Waals surface area contributed by atoms with Crippen molar-refractivity contribution in [3.8, 4) is 17.2 Å². The highest BCUT2D eigenvalue weighted by molar-refractivity contribution is 5.92. The van der Waals surface area contributed by atoms with Crippen LogP contribution in [0.2, 0.25) is 0 Å². The second-order valence-corrected chi connectivity index (χ2v) is 6.72. The molecule has 1 amide bonds. The number of nitrogens with zero attached hydrogens (tertiary/aromatic N) is 2. The molecule has 28 heavy (non-hydrogen) atoms. The van der Waals surface area contributed by atoms with Crippen LogP contribution in [0.3, 0.4) is 0 Å². The van der Waals surface area contributed by atoms with E-state index in [9.17, 15) is 4.79 Å². The lowest BCUT2D eigenvalue weighted by atomic mass is 10.1. The molecule has 146 valence electrons. The molecule has 6 nitrogen and oxygen atoms in total. The molecular formula is C22H24N2O4. The lowest BCUT2D eigenvalue weighted by Gasteiger charge is -2.36. The fourth-order valence-corrected chi connectivity index (χ4v) is 3.50. The maximum absolute atomic E-state index is 12.6. The average Bonchev–Trinajstić information content (AvgIpc) is 2.77. The minimum absolute atomic E-state index is 0.0227. The maximum Gasteiger partial charge on any atom is 0.246 e. The zero-order valence-corrected chi connectivity index (χ0v) is 16.0. The quantitative estimate of drug-likeness (QED) is 0.764. The molecule has 6 heteroatoms. The first-order valence-electron chi connectivity index (χ1n) is 9.49. The molecule has 0 spiro atoms. The Morgan fingerprint density at radius 1 is 1.00 bits per heavy atom. The molecule has 0 N–H and O–H groups in total. The topological polar surface area (TPSA) is 51.2 Å². The third-order valence-electron chi connectivity index (χ3n) is 5.00. The summed E-state index contributed by atoms with van der Waals surface area (Å²) in [7, 11) is 1.68. The summed E-state index contributed by atoms with van der Waals surface area (Å²) in [5, 5.41) is 0. The van der Waals surface area contributed by atoms with Gasteiger partial charge >= 0.3 is 0 Å². The van der Waals surface area contributed by atoms with Gasteiger partial charge in [-0.25, -0.2) is 0 Å². The number of amides is 1. The monoisotopic (exact) mass is 380 g/mol. The number of anilines is 1. The Balaban J connectivity index is 1.36. The number of para-hydroxylation sites is 2. The summed E-state index contributed by atoms with van der Waals surface area (Å²) >= 11 is 0. The van der Waals surface area contributed by atoms with E-state index in [4.69, 9.17) is 14.2 Å². The molecule has 0 radical (unpaired) electrons. The Kier molecular flexibility index (Phi) is 5.37. The molecule has 2 aliphatic heterocycles. The van der Waals surface area contributed by atoms with Crippen LogP contribution in [0, 0.1) is 0 Å². The van der Waals surface area contributed by atoms with E-state index in [1.54, 1.807) is 13.2 Å². The summed E-state index contributed by atoms with van der Waals surface area (Å²) in [6, 6.07) is 13.7. The fraction of sp³-hybridized carbons (Fsp3) is 0.318. The number of fused-ring (bicyclic) bond motifs is 1. The van der Waals surface area contributed by atoms with Crippen molar-refractivity contribution in [1.29, 1.82) is 0 Å². The number of hydrogen-bond donors (Lipinski definition) is 0. The minimum Gasteiger partial charge on any atom is -0.495 e. The summed E-state index contributed by atoms with van der Waals surface area (Å²) in [6.07, 6.45) is 3.46. The second kappa shape index (κ2) is 8.25. The lowest BCUT2D eigenvalue weighted by molar-refractivity contribution is -0.126. The third-order valence-corrected chi connectivity index (χ3v) is 5.00. The molecule has 1 fully saturated rings. The van der Waals surface area contributed by atoms with Crippen molar-refractivity contribution < 1.29 is 19.0 Å². The highest BCUT2D eigenvalue weighted by Crippen LogP contribution is 2.31. The zero-order valence-electron chi connectivity index (χ0n) is 16.0. The number of rotatable bonds is 4. The van der Waals surface area contributed by atoms with E-state index < -0.39 is 0 Å². The molecule has 1 saturated heterocycles. The number of carbonyl (C=O) groups excluding carboxylic acids is 1. The third kappa shape index (κ3) is 3.91. The van der Waals surface area contributed by atoms with Crippen molar-refractivity contribution in [1.82, 2.24) is 4.90 Å². The van der Waals surface area contributed by atoms with Gasteiger partial charge in [-0.1, -0.05) is 18.2 Å². The van der Waals surface area contributed by atoms with Crippen LogP contribution in [-0.2, 0) is 4.79 Å². The molecule has 2 aliphatic rings. The van der Waals surface area contributed by atoms with Gasteiger partial charge in [-0.2, -0.15) is 0 Å². The molecule has 2 heterocycles. The van der Waals surface area contributed by atoms with Crippen LogP contribution in [0.4, 0.5) is 5.69 Å². The molecule has 2 aromatic rings. The average molecular weight is 380 g/mol. The molecule has 0 aliphatic carbocycles. The first-order chi connectivity index (χ1) is 13.7. The summed E-state index contributed by atoms with van der Waals surface area (Å²) in [5.41, 5.74) is 1.99. The predicted molar refractivity (Wildman–Crippen MR) is 108 cm³/mol. The van der Waals surface area contributed by atoms with Gasteiger partial charge in [-0.05, 0) is 35.9 Å². The van der Waals surface area contributed by atoms with Gasteiger partial charge in [0.15, 0.2) is 11.5 Å². The van der Waals surface area contributed by atoms with Crippen LogP contribution in [-0.4, -0.2) is 57.3 Å². The Morgan fingerprint density at radius 3 is 2.54 bits per heavy atom. The summed E-state index contributed by atoms with van der Waals surface area (Å²) in [4.78, 5) is 16.7. The molecule has 4 rings (SSSR count). The number of ether oxygens (including phenoxy) is 3. The van der Waals surface area contributed by atoms with Gasteiger partial charge in [-0.15, -0.1) is 0 Å². The molecule has 0 saturated carbocycles. The highest BCUT2D eigenvalue weighted by Gasteiger charge is 2.21. The van der Waals surface area contributed by atoms with E-state index in [0.717, 1.165) is 41.6 Å². The number of benzene rings is 2. The van der Waals surface area contributed by atoms with Crippen molar-refractivity contribution in [2.24, 2.45) is 0 Å². The molecule has 2 aromatic carbocycles. The summed E-state index contributed by atoms with van der Waals surface area (Å²) in [5.74, 6) is 2.36. The van der Waals surface area contributed by atoms with Crippen molar-refractivity contribution in [2.45, 2.75) is 0 Å². The van der Waals surface area contributed by atoms with Gasteiger partial charge in [0.05, 0.1) is 12.8 Å². The first kappa shape index (κ1) is 18.2. The van der Waals surface area contributed by atoms with Gasteiger partial charge in [-0.3, -0.25) is 4.79 Å². The summed E-state index contributed by atoms with van der Waals surface area (Å²) < 4.78 is 16.6. The van der Waals surface area contributed by atoms with Crippen molar-refractivity contribution in [3.05, 3.63) is 54.1 Å². The van der Waals surface area contributed by atoms with E-state index in [1.165, 1.54) is 0 Å². The van der Waals surface area contributed by atoms with Crippen LogP contribution in [0.25, 0.3) is 6.08 Å². The van der Waals surface area contributed by atoms with Crippen molar-refractivity contribution >= 4 is 17.7 Å². The Labute approximate surface area is 164 Å². The van der Waals surface area contributed by atoms with Crippen LogP contribution in [0.15, 0.2) is 48.5 Å². The smallest absolute Gasteiger partial charge is 0.246 e. The zero-order chi connectivity index (χ0) is 19.3. The van der Waals surface area contributed by atoms with E-state index in [2.05, 4.69) is 11.0 Å². The Bertz CT molecular complexity index is 873. The Morgan fingerprint density at radius 2 is 1.75 bits per heavy atom. The van der Waals surface area contributed by atoms with E-state index in [0.29, 0.717) is 26.3 Å². The predicted octanol–water partition coefficient (Wildman–Crippen LogP) is 2.83. The normalized spacial score (nSPS) is 16.3. The minimum atomic E-state index is 0.0227. The van der Waals surface area contributed by atoms with E-state index >= 15 is 0 Å². The van der Waals surface area contributed by atoms with Gasteiger partial charge < -0.3 is 24.0 Å². The largest absolute Gasteiger partial charge is 0.495 e. The lowest BCUT2D eigenvalue weighted by Crippen LogP contribution is -2.48. The number of carbonyl (C=O) groups is 1. The Hall–Kier alpha value is -3.15. The molecule has 0 bridgehead atoms. The van der Waals surface area contributed by atoms with Gasteiger partial charge in [0, 0.05) is 32.3 Å². The number of methoxy groups -OCH3 is 1. The van der Waals surface area contributed by atoms with Gasteiger partial charge in [0.25, 0.3) is 0 Å². The van der Waals surface area contributed by atoms with Crippen LogP contribution >= 0.6 is 0 Å². The molecular weight excluding hydrogens is 356 g/mol. The van der Waals surface area contributed by atoms with Crippen molar-refractivity contribution in [3.63, 3.8) is 0 Å². The van der Waals surface area contributed by atoms with Crippen molar-refractivity contribution in [2.75, 3.05) is 51.4 Å². The highest BCUT2D eigenvalue weighted by atomic mass is 16.6. The number of hydrogen-bond acceptors (Lipinski definition) is 5. The van der Waals surface area contributed by atoms with Crippen LogP contribution in [0.5, 0.6) is 17.2 Å². The summed E-state index contributed by atoms with van der Waals surface area (Å²) in [6.45, 7) is 4.05. The number of piperazine rings is 1. The molecule has 0 aromatic heterocycles. The second-order valence-electron chi connectivity index (χ2n) is 6.72. The van der Waals surface area contributed by atoms with Crippen LogP contribution in [0.1, 0.15) is 5.56 Å². The van der Waals surface area contributed by atoms with E-state index in [-0.39, 0.29) is 5.91 Å². The molecule has 0 unspecified atom stereocenters. The van der Waals surface area contributed by atoms with Gasteiger partial charge in [0.1, 0.15) is 19.0 Å². The standard InChI is InChI=1S/C22H24N2O4/c1-26-19-5-3-2-4-18(19)23-10-12-24(13-11-23)22(25)9-7-17-6-8-20-21(16-17)28-15-14-27-20/h2-9,16H,10-15H2,1H3/b9-7+. The fourth-order valence-electron chi connectivity index (χ4n) is 3.50. The first-order valence-corrected chi connectivity index (χ1v) is 9.49. The maximum atomic E-state index is 12.6. The van der Waals surface area contributed by atoms with Crippen LogP contribution < -0.4 is 19.1 Å². The van der Waals surface area contributed by atoms with E-state index in [1.807, 2.05) is 47.4 Å².